The Morgan fingerprint density at radius 2 is 2.00 bits per heavy atom. The highest BCUT2D eigenvalue weighted by Gasteiger charge is 2.30. The molecule has 1 rings (SSSR count). The summed E-state index contributed by atoms with van der Waals surface area (Å²) in [6.45, 7) is 3.18. The molecule has 0 aliphatic heterocycles. The summed E-state index contributed by atoms with van der Waals surface area (Å²) in [4.78, 5) is 13.5. The molecule has 0 N–H and O–H groups in total. The molecule has 1 unspecified atom stereocenters. The van der Waals surface area contributed by atoms with Crippen LogP contribution in [0.2, 0.25) is 0 Å². The Hall–Kier alpha value is -1.61. The van der Waals surface area contributed by atoms with Gasteiger partial charge in [-0.25, -0.2) is 4.79 Å². The van der Waals surface area contributed by atoms with Crippen LogP contribution in [-0.4, -0.2) is 6.08 Å². The van der Waals surface area contributed by atoms with Crippen LogP contribution in [0.15, 0.2) is 23.2 Å². The maximum absolute atomic E-state index is 12.4. The average Bonchev–Trinajstić information content (AvgIpc) is 2.16. The molecule has 0 fully saturated rings. The fraction of sp³-hybridized carbons (Fsp3) is 0.364. The second-order valence-corrected chi connectivity index (χ2v) is 3.47. The number of alkyl halides is 3. The van der Waals surface area contributed by atoms with E-state index in [1.165, 1.54) is 12.1 Å². The lowest BCUT2D eigenvalue weighted by Gasteiger charge is -2.12. The van der Waals surface area contributed by atoms with Gasteiger partial charge in [0.25, 0.3) is 0 Å². The first-order valence-electron chi connectivity index (χ1n) is 4.61. The summed E-state index contributed by atoms with van der Waals surface area (Å²) in [6.07, 6.45) is -2.96. The molecule has 1 atom stereocenters. The molecule has 0 saturated heterocycles. The summed E-state index contributed by atoms with van der Waals surface area (Å²) < 4.78 is 37.1. The minimum absolute atomic E-state index is 0.460. The number of halogens is 3. The van der Waals surface area contributed by atoms with E-state index >= 15 is 0 Å². The second kappa shape index (κ2) is 4.49. The fourth-order valence-electron chi connectivity index (χ4n) is 1.47. The van der Waals surface area contributed by atoms with Crippen molar-refractivity contribution in [1.29, 1.82) is 0 Å². The van der Waals surface area contributed by atoms with Crippen LogP contribution in [0.3, 0.4) is 0 Å². The maximum atomic E-state index is 12.4. The normalized spacial score (nSPS) is 13.1. The van der Waals surface area contributed by atoms with E-state index in [0.717, 1.165) is 12.1 Å². The number of hydrogen-bond donors (Lipinski definition) is 0. The lowest BCUT2D eigenvalue weighted by molar-refractivity contribution is -0.137. The molecule has 0 aliphatic rings. The van der Waals surface area contributed by atoms with E-state index in [0.29, 0.717) is 11.1 Å². The van der Waals surface area contributed by atoms with Crippen LogP contribution in [-0.2, 0) is 11.0 Å². The van der Waals surface area contributed by atoms with Crippen molar-refractivity contribution in [2.24, 2.45) is 4.99 Å². The van der Waals surface area contributed by atoms with Gasteiger partial charge in [0.05, 0.1) is 11.6 Å². The van der Waals surface area contributed by atoms with Crippen LogP contribution in [0.1, 0.15) is 29.7 Å². The summed E-state index contributed by atoms with van der Waals surface area (Å²) in [5.74, 6) is 0. The van der Waals surface area contributed by atoms with E-state index in [-0.39, 0.29) is 0 Å². The Labute approximate surface area is 90.8 Å². The van der Waals surface area contributed by atoms with Gasteiger partial charge in [-0.2, -0.15) is 18.2 Å². The Kier molecular flexibility index (Phi) is 3.50. The van der Waals surface area contributed by atoms with Gasteiger partial charge in [-0.3, -0.25) is 0 Å². The maximum Gasteiger partial charge on any atom is 0.416 e. The molecule has 1 aromatic rings. The minimum Gasteiger partial charge on any atom is -0.211 e. The summed E-state index contributed by atoms with van der Waals surface area (Å²) in [6, 6.07) is 2.90. The number of benzene rings is 1. The molecule has 0 aromatic heterocycles. The molecule has 0 bridgehead atoms. The van der Waals surface area contributed by atoms with E-state index < -0.39 is 17.8 Å². The number of carbonyl (C=O) groups excluding carboxylic acids is 1. The van der Waals surface area contributed by atoms with Crippen molar-refractivity contribution in [2.75, 3.05) is 0 Å². The third kappa shape index (κ3) is 2.70. The Balaban J connectivity index is 3.14. The molecular formula is C11H10F3NO. The molecule has 1 aromatic carbocycles. The van der Waals surface area contributed by atoms with Gasteiger partial charge < -0.3 is 0 Å². The van der Waals surface area contributed by atoms with E-state index in [1.54, 1.807) is 13.8 Å². The van der Waals surface area contributed by atoms with Crippen molar-refractivity contribution in [3.63, 3.8) is 0 Å². The standard InChI is InChI=1S/C11H10F3NO/c1-7-5-9(11(12,13)14)3-4-10(7)8(2)15-6-16/h3-5,8H,1-2H3. The molecule has 2 nitrogen and oxygen atoms in total. The molecule has 5 heteroatoms. The summed E-state index contributed by atoms with van der Waals surface area (Å²) >= 11 is 0. The first kappa shape index (κ1) is 12.5. The third-order valence-corrected chi connectivity index (χ3v) is 2.29. The molecule has 0 heterocycles. The van der Waals surface area contributed by atoms with Crippen molar-refractivity contribution >= 4 is 6.08 Å². The number of rotatable bonds is 2. The smallest absolute Gasteiger partial charge is 0.211 e. The van der Waals surface area contributed by atoms with Crippen LogP contribution < -0.4 is 0 Å². The molecule has 0 aliphatic carbocycles. The predicted octanol–water partition coefficient (Wildman–Crippen LogP) is 3.41. The van der Waals surface area contributed by atoms with E-state index in [2.05, 4.69) is 4.99 Å². The Bertz CT molecular complexity index is 433. The van der Waals surface area contributed by atoms with Gasteiger partial charge in [-0.1, -0.05) is 6.07 Å². The molecular weight excluding hydrogens is 219 g/mol. The number of hydrogen-bond acceptors (Lipinski definition) is 2. The lowest BCUT2D eigenvalue weighted by Crippen LogP contribution is -2.06. The average molecular weight is 229 g/mol. The topological polar surface area (TPSA) is 29.4 Å². The highest BCUT2D eigenvalue weighted by atomic mass is 19.4. The first-order valence-corrected chi connectivity index (χ1v) is 4.61. The van der Waals surface area contributed by atoms with Crippen molar-refractivity contribution in [1.82, 2.24) is 0 Å². The van der Waals surface area contributed by atoms with Gasteiger partial charge in [0.2, 0.25) is 6.08 Å². The largest absolute Gasteiger partial charge is 0.416 e. The van der Waals surface area contributed by atoms with E-state index in [4.69, 9.17) is 0 Å². The second-order valence-electron chi connectivity index (χ2n) is 3.47. The van der Waals surface area contributed by atoms with Crippen LogP contribution in [0.5, 0.6) is 0 Å². The Morgan fingerprint density at radius 3 is 2.44 bits per heavy atom. The van der Waals surface area contributed by atoms with Gasteiger partial charge >= 0.3 is 6.18 Å². The molecule has 0 amide bonds. The SMILES string of the molecule is Cc1cc(C(F)(F)F)ccc1C(C)N=C=O. The minimum atomic E-state index is -4.35. The van der Waals surface area contributed by atoms with E-state index in [9.17, 15) is 18.0 Å². The quantitative estimate of drug-likeness (QED) is 0.564. The van der Waals surface area contributed by atoms with Gasteiger partial charge in [-0.15, -0.1) is 0 Å². The van der Waals surface area contributed by atoms with Crippen LogP contribution >= 0.6 is 0 Å². The summed E-state index contributed by atoms with van der Waals surface area (Å²) in [5.41, 5.74) is 0.355. The van der Waals surface area contributed by atoms with Crippen molar-refractivity contribution in [3.05, 3.63) is 34.9 Å². The van der Waals surface area contributed by atoms with Crippen molar-refractivity contribution in [2.45, 2.75) is 26.1 Å². The zero-order valence-corrected chi connectivity index (χ0v) is 8.80. The lowest BCUT2D eigenvalue weighted by atomic mass is 10.00. The summed E-state index contributed by atoms with van der Waals surface area (Å²) in [7, 11) is 0. The molecule has 0 saturated carbocycles. The summed E-state index contributed by atoms with van der Waals surface area (Å²) in [5, 5.41) is 0. The highest BCUT2D eigenvalue weighted by Crippen LogP contribution is 2.32. The van der Waals surface area contributed by atoms with Crippen LogP contribution in [0.4, 0.5) is 13.2 Å². The zero-order chi connectivity index (χ0) is 12.3. The Morgan fingerprint density at radius 1 is 1.38 bits per heavy atom. The van der Waals surface area contributed by atoms with Gasteiger partial charge in [-0.05, 0) is 37.1 Å². The molecule has 16 heavy (non-hydrogen) atoms. The first-order chi connectivity index (χ1) is 7.36. The third-order valence-electron chi connectivity index (χ3n) is 2.29. The van der Waals surface area contributed by atoms with E-state index in [1.807, 2.05) is 0 Å². The fourth-order valence-corrected chi connectivity index (χ4v) is 1.47. The number of aliphatic imine (C=N–C) groups is 1. The molecule has 0 radical (unpaired) electrons. The van der Waals surface area contributed by atoms with Crippen molar-refractivity contribution < 1.29 is 18.0 Å². The van der Waals surface area contributed by atoms with Gasteiger partial charge in [0, 0.05) is 0 Å². The number of aryl methyl sites for hydroxylation is 1. The van der Waals surface area contributed by atoms with Gasteiger partial charge in [0.15, 0.2) is 0 Å². The highest BCUT2D eigenvalue weighted by molar-refractivity contribution is 5.38. The number of nitrogens with zero attached hydrogens (tertiary/aromatic N) is 1. The van der Waals surface area contributed by atoms with Crippen molar-refractivity contribution in [3.8, 4) is 0 Å². The van der Waals surface area contributed by atoms with Gasteiger partial charge in [0.1, 0.15) is 0 Å². The van der Waals surface area contributed by atoms with Crippen LogP contribution in [0, 0.1) is 6.92 Å². The number of isocyanates is 1. The predicted molar refractivity (Wildman–Crippen MR) is 52.7 cm³/mol. The molecule has 86 valence electrons. The monoisotopic (exact) mass is 229 g/mol. The van der Waals surface area contributed by atoms with Crippen LogP contribution in [0.25, 0.3) is 0 Å². The molecule has 0 spiro atoms. The zero-order valence-electron chi connectivity index (χ0n) is 8.80.